The zero-order valence-electron chi connectivity index (χ0n) is 14.3. The maximum Gasteiger partial charge on any atom is 0.573 e. The molecular formula is C17H21F3N2O4. The fourth-order valence-electron chi connectivity index (χ4n) is 2.55. The summed E-state index contributed by atoms with van der Waals surface area (Å²) >= 11 is 0. The number of ether oxygens (including phenoxy) is 2. The Kier molecular flexibility index (Phi) is 6.84. The molecule has 0 saturated carbocycles. The van der Waals surface area contributed by atoms with Crippen LogP contribution in [0.2, 0.25) is 0 Å². The Morgan fingerprint density at radius 3 is 2.38 bits per heavy atom. The van der Waals surface area contributed by atoms with Crippen molar-refractivity contribution in [1.29, 1.82) is 0 Å². The van der Waals surface area contributed by atoms with Crippen LogP contribution in [0, 0.1) is 0 Å². The molecule has 1 aromatic carbocycles. The lowest BCUT2D eigenvalue weighted by molar-refractivity contribution is -0.274. The summed E-state index contributed by atoms with van der Waals surface area (Å²) in [5.74, 6) is -0.713. The van der Waals surface area contributed by atoms with Gasteiger partial charge in [0, 0.05) is 25.9 Å². The van der Waals surface area contributed by atoms with Crippen molar-refractivity contribution in [2.24, 2.45) is 0 Å². The molecule has 6 nitrogen and oxygen atoms in total. The summed E-state index contributed by atoms with van der Waals surface area (Å²) in [4.78, 5) is 25.6. The third-order valence-electron chi connectivity index (χ3n) is 3.92. The molecule has 1 atom stereocenters. The van der Waals surface area contributed by atoms with Gasteiger partial charge in [-0.25, -0.2) is 0 Å². The molecule has 1 saturated heterocycles. The number of rotatable bonds is 6. The van der Waals surface area contributed by atoms with E-state index in [2.05, 4.69) is 10.1 Å². The first kappa shape index (κ1) is 20.0. The highest BCUT2D eigenvalue weighted by atomic mass is 19.4. The third-order valence-corrected chi connectivity index (χ3v) is 3.92. The molecule has 2 amide bonds. The summed E-state index contributed by atoms with van der Waals surface area (Å²) in [6.45, 7) is 3.78. The zero-order valence-corrected chi connectivity index (χ0v) is 14.3. The highest BCUT2D eigenvalue weighted by Gasteiger charge is 2.31. The van der Waals surface area contributed by atoms with Crippen molar-refractivity contribution in [3.63, 3.8) is 0 Å². The van der Waals surface area contributed by atoms with Gasteiger partial charge in [-0.2, -0.15) is 0 Å². The van der Waals surface area contributed by atoms with E-state index in [9.17, 15) is 22.8 Å². The minimum Gasteiger partial charge on any atom is -0.406 e. The molecule has 1 fully saturated rings. The molecule has 0 aliphatic carbocycles. The summed E-state index contributed by atoms with van der Waals surface area (Å²) in [7, 11) is 0. The Morgan fingerprint density at radius 1 is 1.19 bits per heavy atom. The second-order valence-corrected chi connectivity index (χ2v) is 5.90. The van der Waals surface area contributed by atoms with Crippen molar-refractivity contribution in [3.8, 4) is 5.75 Å². The molecule has 0 radical (unpaired) electrons. The van der Waals surface area contributed by atoms with Gasteiger partial charge >= 0.3 is 6.36 Å². The van der Waals surface area contributed by atoms with Gasteiger partial charge in [0.15, 0.2) is 0 Å². The molecule has 1 aliphatic rings. The average Bonchev–Trinajstić information content (AvgIpc) is 2.59. The Balaban J connectivity index is 1.78. The van der Waals surface area contributed by atoms with E-state index in [4.69, 9.17) is 4.74 Å². The molecule has 1 aliphatic heterocycles. The number of hydrogen-bond acceptors (Lipinski definition) is 4. The van der Waals surface area contributed by atoms with Crippen LogP contribution >= 0.6 is 0 Å². The molecule has 1 N–H and O–H groups in total. The number of benzene rings is 1. The van der Waals surface area contributed by atoms with Gasteiger partial charge in [-0.3, -0.25) is 9.59 Å². The first-order valence-corrected chi connectivity index (χ1v) is 8.25. The fourth-order valence-corrected chi connectivity index (χ4v) is 2.55. The van der Waals surface area contributed by atoms with Crippen molar-refractivity contribution >= 4 is 11.8 Å². The topological polar surface area (TPSA) is 67.9 Å². The highest BCUT2D eigenvalue weighted by Crippen LogP contribution is 2.24. The van der Waals surface area contributed by atoms with E-state index in [1.54, 1.807) is 11.8 Å². The molecule has 1 heterocycles. The molecular weight excluding hydrogens is 353 g/mol. The second-order valence-electron chi connectivity index (χ2n) is 5.90. The number of carbonyl (C=O) groups excluding carboxylic acids is 2. The summed E-state index contributed by atoms with van der Waals surface area (Å²) in [5, 5.41) is 2.72. The smallest absolute Gasteiger partial charge is 0.406 e. The van der Waals surface area contributed by atoms with Gasteiger partial charge in [-0.1, -0.05) is 12.1 Å². The van der Waals surface area contributed by atoms with Crippen LogP contribution in [-0.2, 0) is 14.3 Å². The summed E-state index contributed by atoms with van der Waals surface area (Å²) in [5.41, 5.74) is 0.632. The quantitative estimate of drug-likeness (QED) is 0.830. The molecule has 1 unspecified atom stereocenters. The van der Waals surface area contributed by atoms with E-state index < -0.39 is 12.4 Å². The van der Waals surface area contributed by atoms with Gasteiger partial charge in [0.1, 0.15) is 5.75 Å². The maximum absolute atomic E-state index is 12.1. The van der Waals surface area contributed by atoms with E-state index in [0.29, 0.717) is 31.9 Å². The van der Waals surface area contributed by atoms with Gasteiger partial charge in [0.2, 0.25) is 11.8 Å². The number of nitrogens with one attached hydrogen (secondary N) is 1. The first-order chi connectivity index (χ1) is 12.2. The Bertz CT molecular complexity index is 613. The molecule has 0 aromatic heterocycles. The number of amides is 2. The normalized spacial score (nSPS) is 16.1. The number of morpholine rings is 1. The first-order valence-electron chi connectivity index (χ1n) is 8.25. The Morgan fingerprint density at radius 2 is 1.81 bits per heavy atom. The number of nitrogens with zero attached hydrogens (tertiary/aromatic N) is 1. The van der Waals surface area contributed by atoms with Crippen LogP contribution in [0.15, 0.2) is 24.3 Å². The summed E-state index contributed by atoms with van der Waals surface area (Å²) in [6.07, 6.45) is -4.58. The minimum absolute atomic E-state index is 0.0514. The molecule has 9 heteroatoms. The van der Waals surface area contributed by atoms with E-state index in [1.807, 2.05) is 0 Å². The van der Waals surface area contributed by atoms with Crippen LogP contribution in [0.3, 0.4) is 0 Å². The zero-order chi connectivity index (χ0) is 19.2. The van der Waals surface area contributed by atoms with Crippen molar-refractivity contribution in [3.05, 3.63) is 29.8 Å². The Labute approximate surface area is 149 Å². The van der Waals surface area contributed by atoms with E-state index in [-0.39, 0.29) is 30.4 Å². The standard InChI is InChI=1S/C17H21F3N2O4/c1-12(13-2-4-14(5-3-13)26-17(18,19)20)21-15(23)6-7-16(24)22-8-10-25-11-9-22/h2-5,12H,6-11H2,1H3,(H,21,23). The van der Waals surface area contributed by atoms with Crippen LogP contribution in [0.5, 0.6) is 5.75 Å². The summed E-state index contributed by atoms with van der Waals surface area (Å²) < 4.78 is 45.4. The molecule has 1 aromatic rings. The van der Waals surface area contributed by atoms with E-state index in [0.717, 1.165) is 0 Å². The lowest BCUT2D eigenvalue weighted by Crippen LogP contribution is -2.41. The molecule has 144 valence electrons. The monoisotopic (exact) mass is 374 g/mol. The molecule has 0 bridgehead atoms. The number of carbonyl (C=O) groups is 2. The lowest BCUT2D eigenvalue weighted by atomic mass is 10.1. The fraction of sp³-hybridized carbons (Fsp3) is 0.529. The lowest BCUT2D eigenvalue weighted by Gasteiger charge is -2.26. The summed E-state index contributed by atoms with van der Waals surface area (Å²) in [6, 6.07) is 4.87. The average molecular weight is 374 g/mol. The van der Waals surface area contributed by atoms with E-state index >= 15 is 0 Å². The number of halogens is 3. The number of hydrogen-bond donors (Lipinski definition) is 1. The van der Waals surface area contributed by atoms with Crippen molar-refractivity contribution in [2.75, 3.05) is 26.3 Å². The van der Waals surface area contributed by atoms with Crippen LogP contribution in [-0.4, -0.2) is 49.4 Å². The maximum atomic E-state index is 12.1. The van der Waals surface area contributed by atoms with Gasteiger partial charge in [-0.15, -0.1) is 13.2 Å². The third kappa shape index (κ3) is 6.55. The van der Waals surface area contributed by atoms with Crippen molar-refractivity contribution in [2.45, 2.75) is 32.2 Å². The highest BCUT2D eigenvalue weighted by molar-refractivity contribution is 5.84. The van der Waals surface area contributed by atoms with Gasteiger partial charge in [0.25, 0.3) is 0 Å². The predicted octanol–water partition coefficient (Wildman–Crippen LogP) is 2.40. The van der Waals surface area contributed by atoms with Gasteiger partial charge in [-0.05, 0) is 24.6 Å². The SMILES string of the molecule is CC(NC(=O)CCC(=O)N1CCOCC1)c1ccc(OC(F)(F)F)cc1. The Hall–Kier alpha value is -2.29. The van der Waals surface area contributed by atoms with Crippen molar-refractivity contribution in [1.82, 2.24) is 10.2 Å². The van der Waals surface area contributed by atoms with Gasteiger partial charge in [0.05, 0.1) is 19.3 Å². The molecule has 26 heavy (non-hydrogen) atoms. The minimum atomic E-state index is -4.74. The second kappa shape index (κ2) is 8.88. The van der Waals surface area contributed by atoms with Gasteiger partial charge < -0.3 is 19.7 Å². The number of alkyl halides is 3. The van der Waals surface area contributed by atoms with Crippen LogP contribution in [0.4, 0.5) is 13.2 Å². The van der Waals surface area contributed by atoms with Crippen LogP contribution in [0.25, 0.3) is 0 Å². The molecule has 2 rings (SSSR count). The van der Waals surface area contributed by atoms with Crippen molar-refractivity contribution < 1.29 is 32.2 Å². The van der Waals surface area contributed by atoms with Crippen LogP contribution in [0.1, 0.15) is 31.4 Å². The molecule has 0 spiro atoms. The van der Waals surface area contributed by atoms with Crippen LogP contribution < -0.4 is 10.1 Å². The predicted molar refractivity (Wildman–Crippen MR) is 86.3 cm³/mol. The largest absolute Gasteiger partial charge is 0.573 e. The van der Waals surface area contributed by atoms with E-state index in [1.165, 1.54) is 24.3 Å².